The highest BCUT2D eigenvalue weighted by atomic mass is 32.2. The predicted octanol–water partition coefficient (Wildman–Crippen LogP) is 2.61. The third-order valence-electron chi connectivity index (χ3n) is 3.57. The molecule has 2 aliphatic heterocycles. The van der Waals surface area contributed by atoms with E-state index in [9.17, 15) is 0 Å². The Hall–Kier alpha value is 0.310. The van der Waals surface area contributed by atoms with E-state index in [1.807, 2.05) is 0 Å². The molecule has 2 saturated heterocycles. The number of rotatable bonds is 0. The molecule has 2 heteroatoms. The van der Waals surface area contributed by atoms with E-state index in [2.05, 4.69) is 37.4 Å². The van der Waals surface area contributed by atoms with Crippen LogP contribution in [-0.2, 0) is 0 Å². The van der Waals surface area contributed by atoms with Gasteiger partial charge in [0.25, 0.3) is 0 Å². The average molecular weight is 199 g/mol. The van der Waals surface area contributed by atoms with Gasteiger partial charge in [-0.2, -0.15) is 11.8 Å². The Morgan fingerprint density at radius 1 is 1.23 bits per heavy atom. The van der Waals surface area contributed by atoms with E-state index in [0.29, 0.717) is 11.0 Å². The zero-order chi connectivity index (χ0) is 9.53. The summed E-state index contributed by atoms with van der Waals surface area (Å²) < 4.78 is 0. The van der Waals surface area contributed by atoms with Crippen molar-refractivity contribution < 1.29 is 0 Å². The lowest BCUT2D eigenvalue weighted by molar-refractivity contribution is 0.154. The van der Waals surface area contributed by atoms with Gasteiger partial charge in [-0.3, -0.25) is 4.90 Å². The highest BCUT2D eigenvalue weighted by Gasteiger charge is 2.43. The lowest BCUT2D eigenvalue weighted by Gasteiger charge is -2.33. The molecule has 0 N–H and O–H groups in total. The van der Waals surface area contributed by atoms with Gasteiger partial charge in [0, 0.05) is 17.8 Å². The first kappa shape index (κ1) is 9.85. The Balaban J connectivity index is 2.01. The van der Waals surface area contributed by atoms with E-state index < -0.39 is 0 Å². The summed E-state index contributed by atoms with van der Waals surface area (Å²) in [6.07, 6.45) is 2.90. The minimum absolute atomic E-state index is 0.386. The van der Waals surface area contributed by atoms with Crippen LogP contribution >= 0.6 is 11.8 Å². The Labute approximate surface area is 86.3 Å². The van der Waals surface area contributed by atoms with Crippen molar-refractivity contribution in [3.63, 3.8) is 0 Å². The van der Waals surface area contributed by atoms with Crippen molar-refractivity contribution in [3.8, 4) is 0 Å². The van der Waals surface area contributed by atoms with Crippen LogP contribution in [0.25, 0.3) is 0 Å². The molecule has 1 atom stereocenters. The van der Waals surface area contributed by atoms with Crippen LogP contribution in [0.5, 0.6) is 0 Å². The van der Waals surface area contributed by atoms with Gasteiger partial charge in [-0.25, -0.2) is 0 Å². The van der Waals surface area contributed by atoms with E-state index in [4.69, 9.17) is 0 Å². The summed E-state index contributed by atoms with van der Waals surface area (Å²) in [5.74, 6) is 2.82. The molecule has 0 aromatic carbocycles. The minimum atomic E-state index is 0.386. The molecule has 0 amide bonds. The van der Waals surface area contributed by atoms with E-state index >= 15 is 0 Å². The molecule has 0 aromatic heterocycles. The van der Waals surface area contributed by atoms with Crippen molar-refractivity contribution in [2.45, 2.75) is 39.2 Å². The first-order valence-electron chi connectivity index (χ1n) is 5.35. The lowest BCUT2D eigenvalue weighted by Crippen LogP contribution is -2.41. The van der Waals surface area contributed by atoms with Crippen molar-refractivity contribution in [2.24, 2.45) is 5.41 Å². The first-order chi connectivity index (χ1) is 6.02. The van der Waals surface area contributed by atoms with Gasteiger partial charge in [-0.15, -0.1) is 0 Å². The Bertz CT molecular complexity index is 189. The summed E-state index contributed by atoms with van der Waals surface area (Å²) >= 11 is 2.16. The van der Waals surface area contributed by atoms with Gasteiger partial charge in [0.1, 0.15) is 0 Å². The van der Waals surface area contributed by atoms with E-state index in [0.717, 1.165) is 0 Å². The van der Waals surface area contributed by atoms with Crippen molar-refractivity contribution >= 4 is 11.8 Å². The summed E-state index contributed by atoms with van der Waals surface area (Å²) in [5, 5.41) is 0. The monoisotopic (exact) mass is 199 g/mol. The van der Waals surface area contributed by atoms with Gasteiger partial charge in [0.2, 0.25) is 0 Å². The molecule has 2 aliphatic rings. The Morgan fingerprint density at radius 2 is 2.00 bits per heavy atom. The number of hydrogen-bond acceptors (Lipinski definition) is 2. The van der Waals surface area contributed by atoms with Gasteiger partial charge >= 0.3 is 0 Å². The summed E-state index contributed by atoms with van der Waals surface area (Å²) in [5.41, 5.74) is 1.09. The highest BCUT2D eigenvalue weighted by Crippen LogP contribution is 2.44. The Morgan fingerprint density at radius 3 is 2.46 bits per heavy atom. The zero-order valence-corrected chi connectivity index (χ0v) is 9.91. The first-order valence-corrected chi connectivity index (χ1v) is 6.50. The molecular weight excluding hydrogens is 178 g/mol. The average Bonchev–Trinajstić information content (AvgIpc) is 2.60. The third-order valence-corrected chi connectivity index (χ3v) is 4.88. The summed E-state index contributed by atoms with van der Waals surface area (Å²) in [6, 6.07) is 0. The number of thioether (sulfide) groups is 1. The third kappa shape index (κ3) is 1.89. The second-order valence-electron chi connectivity index (χ2n) is 5.64. The maximum Gasteiger partial charge on any atom is 0.0125 e. The van der Waals surface area contributed by atoms with Gasteiger partial charge in [0.15, 0.2) is 0 Å². The molecule has 1 spiro atoms. The fourth-order valence-electron chi connectivity index (χ4n) is 2.48. The van der Waals surface area contributed by atoms with E-state index in [-0.39, 0.29) is 0 Å². The van der Waals surface area contributed by atoms with Gasteiger partial charge in [-0.05, 0) is 51.3 Å². The molecule has 2 rings (SSSR count). The Kier molecular flexibility index (Phi) is 2.40. The molecular formula is C11H21NS. The van der Waals surface area contributed by atoms with Crippen molar-refractivity contribution in [1.29, 1.82) is 0 Å². The molecule has 76 valence electrons. The van der Waals surface area contributed by atoms with Crippen molar-refractivity contribution in [1.82, 2.24) is 4.90 Å². The molecule has 0 bridgehead atoms. The van der Waals surface area contributed by atoms with E-state index in [1.165, 1.54) is 37.4 Å². The van der Waals surface area contributed by atoms with Crippen LogP contribution in [0.3, 0.4) is 0 Å². The molecule has 0 saturated carbocycles. The van der Waals surface area contributed by atoms with Crippen LogP contribution in [0.4, 0.5) is 0 Å². The fourth-order valence-corrected chi connectivity index (χ4v) is 4.01. The molecule has 13 heavy (non-hydrogen) atoms. The van der Waals surface area contributed by atoms with Gasteiger partial charge < -0.3 is 0 Å². The predicted molar refractivity (Wildman–Crippen MR) is 60.3 cm³/mol. The zero-order valence-electron chi connectivity index (χ0n) is 9.10. The van der Waals surface area contributed by atoms with Crippen molar-refractivity contribution in [3.05, 3.63) is 0 Å². The quantitative estimate of drug-likeness (QED) is 0.590. The minimum Gasteiger partial charge on any atom is -0.298 e. The maximum absolute atomic E-state index is 2.67. The van der Waals surface area contributed by atoms with Crippen LogP contribution in [0.1, 0.15) is 33.6 Å². The molecule has 1 nitrogen and oxygen atoms in total. The molecule has 2 heterocycles. The second kappa shape index (κ2) is 3.16. The van der Waals surface area contributed by atoms with Crippen LogP contribution in [0, 0.1) is 5.41 Å². The van der Waals surface area contributed by atoms with Crippen LogP contribution < -0.4 is 0 Å². The van der Waals surface area contributed by atoms with Crippen LogP contribution in [0.2, 0.25) is 0 Å². The summed E-state index contributed by atoms with van der Waals surface area (Å²) in [6.45, 7) is 9.70. The number of hydrogen-bond donors (Lipinski definition) is 0. The fraction of sp³-hybridized carbons (Fsp3) is 1.00. The largest absolute Gasteiger partial charge is 0.298 e. The van der Waals surface area contributed by atoms with Crippen LogP contribution in [0.15, 0.2) is 0 Å². The summed E-state index contributed by atoms with van der Waals surface area (Å²) in [7, 11) is 0. The summed E-state index contributed by atoms with van der Waals surface area (Å²) in [4.78, 5) is 2.67. The van der Waals surface area contributed by atoms with Crippen molar-refractivity contribution in [2.75, 3.05) is 24.6 Å². The van der Waals surface area contributed by atoms with Gasteiger partial charge in [-0.1, -0.05) is 0 Å². The molecule has 0 aliphatic carbocycles. The highest BCUT2D eigenvalue weighted by molar-refractivity contribution is 7.99. The smallest absolute Gasteiger partial charge is 0.0125 e. The lowest BCUT2D eigenvalue weighted by atomic mass is 9.87. The number of likely N-dealkylation sites (tertiary alicyclic amines) is 1. The number of nitrogens with zero attached hydrogens (tertiary/aromatic N) is 1. The topological polar surface area (TPSA) is 3.24 Å². The van der Waals surface area contributed by atoms with Gasteiger partial charge in [0.05, 0.1) is 0 Å². The molecule has 0 radical (unpaired) electrons. The molecule has 1 unspecified atom stereocenters. The maximum atomic E-state index is 2.67. The van der Waals surface area contributed by atoms with E-state index in [1.54, 1.807) is 0 Å². The SMILES string of the molecule is CC(C)(C)N1CCC2(CCSC2)C1. The van der Waals surface area contributed by atoms with Crippen LogP contribution in [-0.4, -0.2) is 35.0 Å². The second-order valence-corrected chi connectivity index (χ2v) is 6.75. The molecule has 0 aromatic rings. The normalized spacial score (nSPS) is 36.2. The standard InChI is InChI=1S/C11H21NS/c1-10(2,3)12-6-4-11(8-12)5-7-13-9-11/h4-9H2,1-3H3. The molecule has 2 fully saturated rings.